The smallest absolute Gasteiger partial charge is 0.162 e. The molecular weight excluding hydrogens is 494 g/mol. The predicted molar refractivity (Wildman–Crippen MR) is 160 cm³/mol. The number of hydrogen-bond acceptors (Lipinski definition) is 4. The van der Waals surface area contributed by atoms with Crippen LogP contribution in [0.15, 0.2) is 96.2 Å². The number of allylic oxidation sites excluding steroid dienone is 2. The molecule has 1 N–H and O–H groups in total. The zero-order valence-electron chi connectivity index (χ0n) is 24.0. The lowest BCUT2D eigenvalue weighted by Gasteiger charge is -2.39. The molecular formula is C35H37N3O2. The highest BCUT2D eigenvalue weighted by atomic mass is 16.5. The van der Waals surface area contributed by atoms with Crippen LogP contribution >= 0.6 is 0 Å². The lowest BCUT2D eigenvalue weighted by Crippen LogP contribution is -2.34. The van der Waals surface area contributed by atoms with Crippen molar-refractivity contribution in [3.05, 3.63) is 119 Å². The Labute approximate surface area is 236 Å². The van der Waals surface area contributed by atoms with Crippen LogP contribution in [0.5, 0.6) is 5.75 Å². The van der Waals surface area contributed by atoms with Crippen LogP contribution in [0, 0.1) is 5.41 Å². The highest BCUT2D eigenvalue weighted by Crippen LogP contribution is 2.52. The molecule has 3 aromatic carbocycles. The average Bonchev–Trinajstić information content (AvgIpc) is 3.31. The maximum absolute atomic E-state index is 13.9. The van der Waals surface area contributed by atoms with E-state index < -0.39 is 0 Å². The minimum absolute atomic E-state index is 0.115. The summed E-state index contributed by atoms with van der Waals surface area (Å²) in [7, 11) is 0. The van der Waals surface area contributed by atoms with Crippen LogP contribution in [-0.4, -0.2) is 15.6 Å². The summed E-state index contributed by atoms with van der Waals surface area (Å²) < 4.78 is 8.26. The number of aromatic nitrogens is 2. The van der Waals surface area contributed by atoms with Crippen LogP contribution in [-0.2, 0) is 16.8 Å². The molecule has 40 heavy (non-hydrogen) atoms. The second-order valence-corrected chi connectivity index (χ2v) is 12.8. The number of carbonyl (C=O) groups excluding carboxylic acids is 1. The Hall–Kier alpha value is -4.12. The lowest BCUT2D eigenvalue weighted by atomic mass is 9.68. The Balaban J connectivity index is 1.53. The van der Waals surface area contributed by atoms with Crippen LogP contribution in [0.1, 0.15) is 75.8 Å². The fraction of sp³-hybridized carbons (Fsp3) is 0.314. The molecule has 1 atom stereocenters. The number of Topliss-reactive ketones (excluding diaryl/α,β-unsaturated/α-hetero) is 1. The van der Waals surface area contributed by atoms with Gasteiger partial charge < -0.3 is 10.1 Å². The van der Waals surface area contributed by atoms with E-state index >= 15 is 0 Å². The Kier molecular flexibility index (Phi) is 6.41. The molecule has 1 aliphatic heterocycles. The molecule has 4 aromatic rings. The summed E-state index contributed by atoms with van der Waals surface area (Å²) >= 11 is 0. The predicted octanol–water partition coefficient (Wildman–Crippen LogP) is 7.95. The summed E-state index contributed by atoms with van der Waals surface area (Å²) in [4.78, 5) is 13.9. The van der Waals surface area contributed by atoms with Gasteiger partial charge in [0, 0.05) is 34.6 Å². The van der Waals surface area contributed by atoms with Gasteiger partial charge in [-0.3, -0.25) is 4.79 Å². The minimum atomic E-state index is -0.236. The Morgan fingerprint density at radius 3 is 2.35 bits per heavy atom. The minimum Gasteiger partial charge on any atom is -0.489 e. The number of para-hydroxylation sites is 1. The number of carbonyl (C=O) groups is 1. The molecule has 0 radical (unpaired) electrons. The monoisotopic (exact) mass is 531 g/mol. The second kappa shape index (κ2) is 9.81. The van der Waals surface area contributed by atoms with Crippen LogP contribution < -0.4 is 10.1 Å². The van der Waals surface area contributed by atoms with E-state index in [1.807, 2.05) is 53.2 Å². The molecule has 1 aromatic heterocycles. The summed E-state index contributed by atoms with van der Waals surface area (Å²) in [5, 5.41) is 8.95. The van der Waals surface area contributed by atoms with E-state index in [1.165, 1.54) is 0 Å². The number of benzene rings is 3. The second-order valence-electron chi connectivity index (χ2n) is 12.8. The number of ether oxygens (including phenoxy) is 1. The van der Waals surface area contributed by atoms with E-state index in [0.717, 1.165) is 57.3 Å². The first-order valence-corrected chi connectivity index (χ1v) is 14.1. The Bertz CT molecular complexity index is 1590. The summed E-state index contributed by atoms with van der Waals surface area (Å²) in [5.74, 6) is 1.71. The fourth-order valence-electron chi connectivity index (χ4n) is 6.06. The molecule has 2 heterocycles. The van der Waals surface area contributed by atoms with Crippen LogP contribution in [0.3, 0.4) is 0 Å². The van der Waals surface area contributed by atoms with Gasteiger partial charge in [-0.2, -0.15) is 5.10 Å². The normalized spacial score (nSPS) is 18.1. The van der Waals surface area contributed by atoms with E-state index in [4.69, 9.17) is 9.84 Å². The number of nitrogens with one attached hydrogen (secondary N) is 1. The maximum Gasteiger partial charge on any atom is 0.162 e. The maximum atomic E-state index is 13.9. The fourth-order valence-corrected chi connectivity index (χ4v) is 6.06. The number of nitrogens with zero attached hydrogens (tertiary/aromatic N) is 2. The van der Waals surface area contributed by atoms with Crippen molar-refractivity contribution in [2.75, 3.05) is 5.32 Å². The van der Waals surface area contributed by atoms with Gasteiger partial charge in [0.05, 0.1) is 11.4 Å². The van der Waals surface area contributed by atoms with Gasteiger partial charge >= 0.3 is 0 Å². The molecule has 0 amide bonds. The molecule has 0 saturated carbocycles. The zero-order valence-corrected chi connectivity index (χ0v) is 24.0. The first-order valence-electron chi connectivity index (χ1n) is 14.1. The quantitative estimate of drug-likeness (QED) is 0.284. The van der Waals surface area contributed by atoms with Crippen molar-refractivity contribution in [1.29, 1.82) is 0 Å². The number of anilines is 1. The van der Waals surface area contributed by atoms with Gasteiger partial charge in [-0.15, -0.1) is 0 Å². The van der Waals surface area contributed by atoms with E-state index in [9.17, 15) is 4.79 Å². The highest BCUT2D eigenvalue weighted by molar-refractivity contribution is 6.01. The standard InChI is InChI=1S/C35H37N3O2/c1-34(2,3)32-31-29(24-15-12-18-26(19-24)40-22-23-13-8-6-9-14-23)30-27(20-35(4,5)21-28(30)39)36-33(31)38(37-32)25-16-10-7-11-17-25/h6-19,29,36H,20-22H2,1-5H3. The van der Waals surface area contributed by atoms with Crippen molar-refractivity contribution in [3.63, 3.8) is 0 Å². The summed E-state index contributed by atoms with van der Waals surface area (Å²) in [6.45, 7) is 11.4. The van der Waals surface area contributed by atoms with E-state index in [1.54, 1.807) is 0 Å². The molecule has 2 aliphatic rings. The summed E-state index contributed by atoms with van der Waals surface area (Å²) in [6, 6.07) is 28.7. The highest BCUT2D eigenvalue weighted by Gasteiger charge is 2.44. The molecule has 0 spiro atoms. The van der Waals surface area contributed by atoms with Crippen molar-refractivity contribution >= 4 is 11.6 Å². The van der Waals surface area contributed by atoms with Gasteiger partial charge in [-0.05, 0) is 47.2 Å². The number of fused-ring (bicyclic) bond motifs is 1. The van der Waals surface area contributed by atoms with E-state index in [-0.39, 0.29) is 22.5 Å². The molecule has 1 aliphatic carbocycles. The van der Waals surface area contributed by atoms with Crippen molar-refractivity contribution in [1.82, 2.24) is 9.78 Å². The number of rotatable bonds is 5. The third kappa shape index (κ3) is 4.85. The van der Waals surface area contributed by atoms with Gasteiger partial charge in [0.1, 0.15) is 18.2 Å². The van der Waals surface area contributed by atoms with Crippen molar-refractivity contribution in [3.8, 4) is 11.4 Å². The molecule has 5 nitrogen and oxygen atoms in total. The summed E-state index contributed by atoms with van der Waals surface area (Å²) in [6.07, 6.45) is 1.33. The van der Waals surface area contributed by atoms with Crippen molar-refractivity contribution in [2.24, 2.45) is 5.41 Å². The van der Waals surface area contributed by atoms with Crippen molar-refractivity contribution in [2.45, 2.75) is 65.4 Å². The largest absolute Gasteiger partial charge is 0.489 e. The van der Waals surface area contributed by atoms with Gasteiger partial charge in [0.15, 0.2) is 5.78 Å². The number of ketones is 1. The molecule has 0 saturated heterocycles. The molecule has 204 valence electrons. The van der Waals surface area contributed by atoms with Crippen LogP contribution in [0.2, 0.25) is 0 Å². The van der Waals surface area contributed by atoms with Gasteiger partial charge in [0.2, 0.25) is 0 Å². The van der Waals surface area contributed by atoms with Gasteiger partial charge in [-0.25, -0.2) is 4.68 Å². The first kappa shape index (κ1) is 26.1. The SMILES string of the molecule is CC1(C)CC(=O)C2=C(C1)Nc1c(c(C(C)(C)C)nn1-c1ccccc1)C2c1cccc(OCc2ccccc2)c1. The zero-order chi connectivity index (χ0) is 28.1. The van der Waals surface area contributed by atoms with E-state index in [2.05, 4.69) is 76.3 Å². The van der Waals surface area contributed by atoms with E-state index in [0.29, 0.717) is 13.0 Å². The third-order valence-electron chi connectivity index (χ3n) is 7.84. The lowest BCUT2D eigenvalue weighted by molar-refractivity contribution is -0.118. The first-order chi connectivity index (χ1) is 19.1. The Morgan fingerprint density at radius 1 is 0.950 bits per heavy atom. The molecule has 0 fully saturated rings. The van der Waals surface area contributed by atoms with Crippen molar-refractivity contribution < 1.29 is 9.53 Å². The number of hydrogen-bond donors (Lipinski definition) is 1. The topological polar surface area (TPSA) is 56.2 Å². The van der Waals surface area contributed by atoms with Gasteiger partial charge in [0.25, 0.3) is 0 Å². The third-order valence-corrected chi connectivity index (χ3v) is 7.84. The molecule has 6 rings (SSSR count). The molecule has 5 heteroatoms. The van der Waals surface area contributed by atoms with Crippen LogP contribution in [0.25, 0.3) is 5.69 Å². The van der Waals surface area contributed by atoms with Gasteiger partial charge in [-0.1, -0.05) is 95.3 Å². The van der Waals surface area contributed by atoms with Crippen LogP contribution in [0.4, 0.5) is 5.82 Å². The molecule has 0 bridgehead atoms. The average molecular weight is 532 g/mol. The Morgan fingerprint density at radius 2 is 1.65 bits per heavy atom. The molecule has 1 unspecified atom stereocenters. The summed E-state index contributed by atoms with van der Waals surface area (Å²) in [5.41, 5.74) is 6.74.